The van der Waals surface area contributed by atoms with Crippen LogP contribution in [0.4, 0.5) is 14.5 Å². The second kappa shape index (κ2) is 13.4. The van der Waals surface area contributed by atoms with Crippen LogP contribution in [0.25, 0.3) is 10.9 Å². The standard InChI is InChI=1S/C34H27F2N5O2/c35-29-12-10-25(19-30(29)36)22-41-17-5-9-27(34(41)43)33(42)39-15-4-8-24-11-13-31-28(18-24)32(26(20-37)21-40-31)38-16-14-23-6-2-1-3-7-23/h1-3,5-7,9-13,17-19,21,34,43H,14-16,22H2,(H,38,40)(H,39,42). The molecule has 43 heavy (non-hydrogen) atoms. The number of fused-ring (bicyclic) bond motifs is 1. The quantitative estimate of drug-likeness (QED) is 0.262. The molecule has 0 radical (unpaired) electrons. The number of hydrogen-bond acceptors (Lipinski definition) is 6. The zero-order valence-electron chi connectivity index (χ0n) is 23.0. The SMILES string of the molecule is N#Cc1cnc2ccc(C#CCNC(=O)C3=CC=CN(Cc4ccc(F)c(F)c4)C3O)cc2c1NCCc1ccccc1. The van der Waals surface area contributed by atoms with Crippen molar-refractivity contribution in [2.24, 2.45) is 0 Å². The predicted octanol–water partition coefficient (Wildman–Crippen LogP) is 4.78. The second-order valence-electron chi connectivity index (χ2n) is 9.80. The van der Waals surface area contributed by atoms with E-state index in [0.29, 0.717) is 28.9 Å². The highest BCUT2D eigenvalue weighted by Gasteiger charge is 2.25. The summed E-state index contributed by atoms with van der Waals surface area (Å²) in [6.45, 7) is 0.730. The molecule has 1 unspecified atom stereocenters. The van der Waals surface area contributed by atoms with Crippen LogP contribution in [0.5, 0.6) is 0 Å². The zero-order valence-corrected chi connectivity index (χ0v) is 23.0. The summed E-state index contributed by atoms with van der Waals surface area (Å²) in [5.41, 5.74) is 4.26. The van der Waals surface area contributed by atoms with Crippen molar-refractivity contribution in [3.8, 4) is 17.9 Å². The molecule has 5 rings (SSSR count). The number of pyridine rings is 1. The number of benzene rings is 3. The van der Waals surface area contributed by atoms with Crippen LogP contribution < -0.4 is 10.6 Å². The molecule has 1 amide bonds. The summed E-state index contributed by atoms with van der Waals surface area (Å²) in [6.07, 6.45) is 5.72. The highest BCUT2D eigenvalue weighted by Crippen LogP contribution is 2.27. The maximum Gasteiger partial charge on any atom is 0.252 e. The summed E-state index contributed by atoms with van der Waals surface area (Å²) in [5.74, 6) is 3.50. The number of nitrogens with one attached hydrogen (secondary N) is 2. The summed E-state index contributed by atoms with van der Waals surface area (Å²) in [4.78, 5) is 18.6. The number of aliphatic hydroxyl groups excluding tert-OH is 1. The van der Waals surface area contributed by atoms with Crippen molar-refractivity contribution < 1.29 is 18.7 Å². The molecule has 0 saturated heterocycles. The smallest absolute Gasteiger partial charge is 0.252 e. The lowest BCUT2D eigenvalue weighted by Crippen LogP contribution is -2.40. The molecule has 0 saturated carbocycles. The zero-order chi connectivity index (χ0) is 30.2. The van der Waals surface area contributed by atoms with Crippen molar-refractivity contribution in [1.29, 1.82) is 5.26 Å². The van der Waals surface area contributed by atoms with Crippen LogP contribution in [-0.4, -0.2) is 40.2 Å². The lowest BCUT2D eigenvalue weighted by molar-refractivity contribution is -0.119. The molecular formula is C34H27F2N5O2. The molecule has 0 bridgehead atoms. The Morgan fingerprint density at radius 2 is 1.88 bits per heavy atom. The molecule has 0 fully saturated rings. The molecule has 1 aliphatic rings. The number of carbonyl (C=O) groups is 1. The normalized spacial score (nSPS) is 14.0. The van der Waals surface area contributed by atoms with Crippen LogP contribution >= 0.6 is 0 Å². The summed E-state index contributed by atoms with van der Waals surface area (Å²) < 4.78 is 26.8. The van der Waals surface area contributed by atoms with E-state index in [1.165, 1.54) is 22.6 Å². The van der Waals surface area contributed by atoms with Crippen molar-refractivity contribution in [2.75, 3.05) is 18.4 Å². The lowest BCUT2D eigenvalue weighted by Gasteiger charge is -2.30. The van der Waals surface area contributed by atoms with Gasteiger partial charge in [-0.1, -0.05) is 48.2 Å². The third-order valence-corrected chi connectivity index (χ3v) is 6.87. The minimum Gasteiger partial charge on any atom is -0.383 e. The van der Waals surface area contributed by atoms with Crippen LogP contribution in [-0.2, 0) is 17.8 Å². The van der Waals surface area contributed by atoms with Crippen LogP contribution in [0.1, 0.15) is 22.3 Å². The van der Waals surface area contributed by atoms with Gasteiger partial charge in [0.05, 0.1) is 28.9 Å². The predicted molar refractivity (Wildman–Crippen MR) is 160 cm³/mol. The van der Waals surface area contributed by atoms with Crippen LogP contribution in [0.3, 0.4) is 0 Å². The first-order chi connectivity index (χ1) is 20.9. The van der Waals surface area contributed by atoms with Gasteiger partial charge in [0.1, 0.15) is 6.07 Å². The minimum atomic E-state index is -1.28. The Morgan fingerprint density at radius 3 is 2.67 bits per heavy atom. The van der Waals surface area contributed by atoms with Crippen molar-refractivity contribution in [3.63, 3.8) is 0 Å². The highest BCUT2D eigenvalue weighted by atomic mass is 19.2. The molecule has 0 aliphatic carbocycles. The van der Waals surface area contributed by atoms with Gasteiger partial charge >= 0.3 is 0 Å². The second-order valence-corrected chi connectivity index (χ2v) is 9.80. The van der Waals surface area contributed by atoms with E-state index >= 15 is 0 Å². The fraction of sp³-hybridized carbons (Fsp3) is 0.147. The molecule has 0 spiro atoms. The first kappa shape index (κ1) is 29.0. The minimum absolute atomic E-state index is 0.0203. The number of halogens is 2. The average molecular weight is 576 g/mol. The topological polar surface area (TPSA) is 101 Å². The lowest BCUT2D eigenvalue weighted by atomic mass is 10.1. The maximum atomic E-state index is 13.6. The molecule has 3 aromatic carbocycles. The Kier molecular flexibility index (Phi) is 9.06. The average Bonchev–Trinajstić information content (AvgIpc) is 3.02. The van der Waals surface area contributed by atoms with Crippen LogP contribution in [0.15, 0.2) is 96.9 Å². The van der Waals surface area contributed by atoms with E-state index in [-0.39, 0.29) is 18.7 Å². The van der Waals surface area contributed by atoms with Gasteiger partial charge < -0.3 is 20.6 Å². The van der Waals surface area contributed by atoms with Gasteiger partial charge in [-0.2, -0.15) is 5.26 Å². The largest absolute Gasteiger partial charge is 0.383 e. The van der Waals surface area contributed by atoms with Gasteiger partial charge in [-0.3, -0.25) is 9.78 Å². The van der Waals surface area contributed by atoms with E-state index in [4.69, 9.17) is 0 Å². The number of nitriles is 1. The van der Waals surface area contributed by atoms with Crippen LogP contribution in [0, 0.1) is 34.8 Å². The van der Waals surface area contributed by atoms with E-state index < -0.39 is 23.8 Å². The van der Waals surface area contributed by atoms with Gasteiger partial charge in [0, 0.05) is 36.4 Å². The number of carbonyl (C=O) groups excluding carboxylic acids is 1. The number of hydrogen-bond donors (Lipinski definition) is 3. The van der Waals surface area contributed by atoms with Gasteiger partial charge in [-0.05, 0) is 60.0 Å². The van der Waals surface area contributed by atoms with Crippen LogP contribution in [0.2, 0.25) is 0 Å². The Bertz CT molecular complexity index is 1820. The van der Waals surface area contributed by atoms with E-state index in [1.807, 2.05) is 36.4 Å². The number of amides is 1. The Labute approximate surface area is 247 Å². The van der Waals surface area contributed by atoms with Gasteiger partial charge in [-0.15, -0.1) is 0 Å². The first-order valence-electron chi connectivity index (χ1n) is 13.6. The summed E-state index contributed by atoms with van der Waals surface area (Å²) in [6, 6.07) is 21.3. The molecule has 9 heteroatoms. The highest BCUT2D eigenvalue weighted by molar-refractivity contribution is 5.95. The Hall–Kier alpha value is -5.51. The molecular weight excluding hydrogens is 548 g/mol. The summed E-state index contributed by atoms with van der Waals surface area (Å²) in [7, 11) is 0. The van der Waals surface area contributed by atoms with E-state index in [1.54, 1.807) is 18.5 Å². The Morgan fingerprint density at radius 1 is 1.05 bits per heavy atom. The maximum absolute atomic E-state index is 13.6. The Balaban J connectivity index is 1.22. The van der Waals surface area contributed by atoms with E-state index in [0.717, 1.165) is 29.5 Å². The molecule has 4 aromatic rings. The molecule has 1 aromatic heterocycles. The third kappa shape index (κ3) is 7.05. The van der Waals surface area contributed by atoms with E-state index in [2.05, 4.69) is 45.7 Å². The summed E-state index contributed by atoms with van der Waals surface area (Å²) >= 11 is 0. The van der Waals surface area contributed by atoms with Gasteiger partial charge in [-0.25, -0.2) is 8.78 Å². The fourth-order valence-corrected chi connectivity index (χ4v) is 4.68. The third-order valence-electron chi connectivity index (χ3n) is 6.87. The summed E-state index contributed by atoms with van der Waals surface area (Å²) in [5, 5.41) is 27.2. The number of anilines is 1. The molecule has 2 heterocycles. The monoisotopic (exact) mass is 575 g/mol. The molecule has 3 N–H and O–H groups in total. The molecule has 1 aliphatic heterocycles. The number of nitrogens with zero attached hydrogens (tertiary/aromatic N) is 3. The van der Waals surface area contributed by atoms with Crippen molar-refractivity contribution in [2.45, 2.75) is 19.2 Å². The number of allylic oxidation sites excluding steroid dienone is 2. The molecule has 214 valence electrons. The van der Waals surface area contributed by atoms with Gasteiger partial charge in [0.25, 0.3) is 5.91 Å². The molecule has 7 nitrogen and oxygen atoms in total. The van der Waals surface area contributed by atoms with E-state index in [9.17, 15) is 23.9 Å². The molecule has 1 atom stereocenters. The van der Waals surface area contributed by atoms with Crippen molar-refractivity contribution in [1.82, 2.24) is 15.2 Å². The number of aromatic nitrogens is 1. The van der Waals surface area contributed by atoms with Crippen molar-refractivity contribution in [3.05, 3.63) is 131 Å². The van der Waals surface area contributed by atoms with Gasteiger partial charge in [0.15, 0.2) is 17.9 Å². The fourth-order valence-electron chi connectivity index (χ4n) is 4.68. The van der Waals surface area contributed by atoms with Gasteiger partial charge in [0.2, 0.25) is 0 Å². The van der Waals surface area contributed by atoms with Crippen molar-refractivity contribution >= 4 is 22.5 Å². The number of rotatable bonds is 8. The number of aliphatic hydroxyl groups is 1. The first-order valence-corrected chi connectivity index (χ1v) is 13.6.